The van der Waals surface area contributed by atoms with Crippen LogP contribution < -0.4 is 9.64 Å². The van der Waals surface area contributed by atoms with Gasteiger partial charge in [0.25, 0.3) is 10.0 Å². The standard InChI is InChI=1S/C15H20N2O4S/c1-16-13-10-12(21-2)8-9-14(13)22(19,20)17(15(16)18)11-6-4-3-5-7-11/h8-11H,3-7H2,1-2H3. The van der Waals surface area contributed by atoms with Crippen molar-refractivity contribution in [2.24, 2.45) is 0 Å². The number of carbonyl (C=O) groups is 1. The molecule has 22 heavy (non-hydrogen) atoms. The first-order chi connectivity index (χ1) is 10.5. The van der Waals surface area contributed by atoms with Crippen molar-refractivity contribution in [1.29, 1.82) is 0 Å². The molecule has 0 spiro atoms. The van der Waals surface area contributed by atoms with Gasteiger partial charge in [0.05, 0.1) is 18.8 Å². The number of nitrogens with zero attached hydrogens (tertiary/aromatic N) is 2. The summed E-state index contributed by atoms with van der Waals surface area (Å²) in [7, 11) is -0.692. The Morgan fingerprint density at radius 3 is 2.50 bits per heavy atom. The number of methoxy groups -OCH3 is 1. The quantitative estimate of drug-likeness (QED) is 0.838. The number of anilines is 1. The molecule has 7 heteroatoms. The van der Waals surface area contributed by atoms with Crippen LogP contribution in [0.15, 0.2) is 23.1 Å². The monoisotopic (exact) mass is 324 g/mol. The summed E-state index contributed by atoms with van der Waals surface area (Å²) in [5.41, 5.74) is 0.372. The van der Waals surface area contributed by atoms with Crippen LogP contribution in [-0.2, 0) is 10.0 Å². The second-order valence-electron chi connectivity index (χ2n) is 5.77. The van der Waals surface area contributed by atoms with Crippen LogP contribution in [0.4, 0.5) is 10.5 Å². The highest BCUT2D eigenvalue weighted by Gasteiger charge is 2.44. The molecular weight excluding hydrogens is 304 g/mol. The number of ether oxygens (including phenoxy) is 1. The first kappa shape index (κ1) is 15.1. The summed E-state index contributed by atoms with van der Waals surface area (Å²) < 4.78 is 32.0. The van der Waals surface area contributed by atoms with Crippen molar-refractivity contribution in [3.8, 4) is 5.75 Å². The van der Waals surface area contributed by atoms with Crippen LogP contribution in [0.5, 0.6) is 5.75 Å². The number of benzene rings is 1. The van der Waals surface area contributed by atoms with Crippen LogP contribution in [0.2, 0.25) is 0 Å². The number of carbonyl (C=O) groups excluding carboxylic acids is 1. The van der Waals surface area contributed by atoms with Gasteiger partial charge in [-0.1, -0.05) is 19.3 Å². The highest BCUT2D eigenvalue weighted by molar-refractivity contribution is 7.90. The molecule has 1 aromatic carbocycles. The van der Waals surface area contributed by atoms with E-state index in [2.05, 4.69) is 0 Å². The fraction of sp³-hybridized carbons (Fsp3) is 0.533. The van der Waals surface area contributed by atoms with Gasteiger partial charge in [0.15, 0.2) is 0 Å². The zero-order chi connectivity index (χ0) is 15.9. The maximum absolute atomic E-state index is 12.9. The average molecular weight is 324 g/mol. The van der Waals surface area contributed by atoms with E-state index in [9.17, 15) is 13.2 Å². The van der Waals surface area contributed by atoms with Gasteiger partial charge >= 0.3 is 6.03 Å². The highest BCUT2D eigenvalue weighted by atomic mass is 32.2. The molecule has 1 heterocycles. The summed E-state index contributed by atoms with van der Waals surface area (Å²) >= 11 is 0. The lowest BCUT2D eigenvalue weighted by Crippen LogP contribution is -2.54. The lowest BCUT2D eigenvalue weighted by Gasteiger charge is -2.40. The average Bonchev–Trinajstić information content (AvgIpc) is 2.53. The molecular formula is C15H20N2O4S. The molecule has 0 aromatic heterocycles. The maximum atomic E-state index is 12.9. The topological polar surface area (TPSA) is 66.9 Å². The molecule has 1 fully saturated rings. The third-order valence-corrected chi connectivity index (χ3v) is 6.32. The van der Waals surface area contributed by atoms with Crippen LogP contribution >= 0.6 is 0 Å². The smallest absolute Gasteiger partial charge is 0.338 e. The van der Waals surface area contributed by atoms with E-state index in [-0.39, 0.29) is 10.9 Å². The van der Waals surface area contributed by atoms with Crippen molar-refractivity contribution in [2.45, 2.75) is 43.0 Å². The van der Waals surface area contributed by atoms with E-state index in [0.717, 1.165) is 36.4 Å². The van der Waals surface area contributed by atoms with Crippen molar-refractivity contribution >= 4 is 21.7 Å². The Morgan fingerprint density at radius 2 is 1.86 bits per heavy atom. The van der Waals surface area contributed by atoms with Crippen LogP contribution in [-0.4, -0.2) is 39.0 Å². The Morgan fingerprint density at radius 1 is 1.18 bits per heavy atom. The van der Waals surface area contributed by atoms with Crippen molar-refractivity contribution < 1.29 is 17.9 Å². The molecule has 6 nitrogen and oxygen atoms in total. The van der Waals surface area contributed by atoms with E-state index in [1.165, 1.54) is 18.1 Å². The van der Waals surface area contributed by atoms with Crippen molar-refractivity contribution in [3.05, 3.63) is 18.2 Å². The Hall–Kier alpha value is -1.76. The SMILES string of the molecule is COc1ccc2c(c1)N(C)C(=O)N(C1CCCCC1)S2(=O)=O. The zero-order valence-electron chi connectivity index (χ0n) is 12.8. The molecule has 3 rings (SSSR count). The fourth-order valence-electron chi connectivity index (χ4n) is 3.23. The molecule has 1 aliphatic heterocycles. The molecule has 0 N–H and O–H groups in total. The van der Waals surface area contributed by atoms with Gasteiger partial charge in [-0.25, -0.2) is 17.5 Å². The van der Waals surface area contributed by atoms with E-state index in [1.54, 1.807) is 19.2 Å². The van der Waals surface area contributed by atoms with E-state index in [0.29, 0.717) is 11.4 Å². The molecule has 2 aliphatic rings. The molecule has 0 radical (unpaired) electrons. The summed E-state index contributed by atoms with van der Waals surface area (Å²) in [6.45, 7) is 0. The number of amides is 2. The molecule has 0 bridgehead atoms. The van der Waals surface area contributed by atoms with Gasteiger partial charge in [-0.3, -0.25) is 4.90 Å². The fourth-order valence-corrected chi connectivity index (χ4v) is 5.08. The van der Waals surface area contributed by atoms with Gasteiger partial charge in [0, 0.05) is 13.1 Å². The van der Waals surface area contributed by atoms with Crippen LogP contribution in [0, 0.1) is 0 Å². The minimum absolute atomic E-state index is 0.168. The number of hydrogen-bond acceptors (Lipinski definition) is 4. The summed E-state index contributed by atoms with van der Waals surface area (Å²) in [5, 5.41) is 0. The third-order valence-electron chi connectivity index (χ3n) is 4.45. The predicted molar refractivity (Wildman–Crippen MR) is 82.7 cm³/mol. The number of urea groups is 1. The Labute approximate surface area is 130 Å². The highest BCUT2D eigenvalue weighted by Crippen LogP contribution is 2.39. The minimum atomic E-state index is -3.80. The number of rotatable bonds is 2. The molecule has 0 atom stereocenters. The first-order valence-corrected chi connectivity index (χ1v) is 8.91. The molecule has 1 aliphatic carbocycles. The van der Waals surface area contributed by atoms with Gasteiger partial charge in [-0.15, -0.1) is 0 Å². The largest absolute Gasteiger partial charge is 0.497 e. The Kier molecular flexibility index (Phi) is 3.76. The second-order valence-corrected chi connectivity index (χ2v) is 7.55. The maximum Gasteiger partial charge on any atom is 0.338 e. The van der Waals surface area contributed by atoms with E-state index >= 15 is 0 Å². The summed E-state index contributed by atoms with van der Waals surface area (Å²) in [5.74, 6) is 0.528. The molecule has 0 unspecified atom stereocenters. The zero-order valence-corrected chi connectivity index (χ0v) is 13.6. The van der Waals surface area contributed by atoms with E-state index < -0.39 is 16.1 Å². The molecule has 1 aromatic rings. The number of hydrogen-bond donors (Lipinski definition) is 0. The van der Waals surface area contributed by atoms with Gasteiger partial charge in [-0.2, -0.15) is 0 Å². The molecule has 120 valence electrons. The number of sulfonamides is 1. The first-order valence-electron chi connectivity index (χ1n) is 7.47. The lowest BCUT2D eigenvalue weighted by atomic mass is 9.95. The third kappa shape index (κ3) is 2.24. The van der Waals surface area contributed by atoms with Gasteiger partial charge in [-0.05, 0) is 25.0 Å². The van der Waals surface area contributed by atoms with Crippen LogP contribution in [0.3, 0.4) is 0 Å². The van der Waals surface area contributed by atoms with Gasteiger partial charge in [0.2, 0.25) is 0 Å². The van der Waals surface area contributed by atoms with Crippen molar-refractivity contribution in [2.75, 3.05) is 19.1 Å². The number of fused-ring (bicyclic) bond motifs is 1. The van der Waals surface area contributed by atoms with Gasteiger partial charge in [0.1, 0.15) is 10.6 Å². The van der Waals surface area contributed by atoms with Crippen molar-refractivity contribution in [1.82, 2.24) is 4.31 Å². The molecule has 2 amide bonds. The summed E-state index contributed by atoms with van der Waals surface area (Å²) in [6.07, 6.45) is 4.50. The second kappa shape index (κ2) is 5.46. The van der Waals surface area contributed by atoms with Crippen molar-refractivity contribution in [3.63, 3.8) is 0 Å². The Balaban J connectivity index is 2.10. The molecule has 1 saturated carbocycles. The molecule has 0 saturated heterocycles. The summed E-state index contributed by atoms with van der Waals surface area (Å²) in [4.78, 5) is 14.2. The van der Waals surface area contributed by atoms with Crippen LogP contribution in [0.25, 0.3) is 0 Å². The Bertz CT molecular complexity index is 695. The summed E-state index contributed by atoms with van der Waals surface area (Å²) in [6, 6.07) is 4.00. The van der Waals surface area contributed by atoms with Gasteiger partial charge < -0.3 is 4.74 Å². The normalized spacial score (nSPS) is 21.6. The van der Waals surface area contributed by atoms with E-state index in [4.69, 9.17) is 4.74 Å². The predicted octanol–water partition coefficient (Wildman–Crippen LogP) is 2.59. The van der Waals surface area contributed by atoms with Crippen LogP contribution in [0.1, 0.15) is 32.1 Å². The van der Waals surface area contributed by atoms with E-state index in [1.807, 2.05) is 0 Å². The minimum Gasteiger partial charge on any atom is -0.497 e. The lowest BCUT2D eigenvalue weighted by molar-refractivity contribution is 0.205.